The van der Waals surface area contributed by atoms with Crippen molar-refractivity contribution >= 4 is 11.9 Å². The number of carbonyl (C=O) groups excluding carboxylic acids is 2. The molecule has 5 atom stereocenters. The van der Waals surface area contributed by atoms with Gasteiger partial charge in [0.2, 0.25) is 0 Å². The van der Waals surface area contributed by atoms with Crippen molar-refractivity contribution in [1.29, 1.82) is 0 Å². The van der Waals surface area contributed by atoms with Gasteiger partial charge in [-0.05, 0) is 39.3 Å². The van der Waals surface area contributed by atoms with Gasteiger partial charge in [0.15, 0.2) is 0 Å². The molecule has 0 spiro atoms. The maximum atomic E-state index is 12.3. The summed E-state index contributed by atoms with van der Waals surface area (Å²) < 4.78 is 11.0. The predicted octanol–water partition coefficient (Wildman–Crippen LogP) is 1.98. The molecule has 0 bridgehead atoms. The number of esters is 2. The summed E-state index contributed by atoms with van der Waals surface area (Å²) in [5.74, 6) is -1.74. The second-order valence-electron chi connectivity index (χ2n) is 7.11. The lowest BCUT2D eigenvalue weighted by atomic mass is 9.82. The van der Waals surface area contributed by atoms with E-state index in [1.807, 2.05) is 0 Å². The molecule has 0 saturated carbocycles. The summed E-state index contributed by atoms with van der Waals surface area (Å²) in [6.45, 7) is 10.4. The molecule has 1 heterocycles. The van der Waals surface area contributed by atoms with Gasteiger partial charge in [0.1, 0.15) is 12.2 Å². The molecular formula is C20H26O6. The molecule has 2 N–H and O–H groups in total. The Bertz CT molecular complexity index is 697. The molecule has 1 saturated heterocycles. The van der Waals surface area contributed by atoms with Gasteiger partial charge in [-0.25, -0.2) is 9.59 Å². The Balaban J connectivity index is 2.48. The summed E-state index contributed by atoms with van der Waals surface area (Å²) in [4.78, 5) is 24.4. The molecule has 2 aliphatic rings. The number of fused-ring (bicyclic) bond motifs is 1. The zero-order valence-corrected chi connectivity index (χ0v) is 15.6. The number of ether oxygens (including phenoxy) is 2. The van der Waals surface area contributed by atoms with Crippen molar-refractivity contribution in [3.63, 3.8) is 0 Å². The van der Waals surface area contributed by atoms with E-state index in [-0.39, 0.29) is 12.0 Å². The fourth-order valence-corrected chi connectivity index (χ4v) is 3.05. The molecule has 6 heteroatoms. The van der Waals surface area contributed by atoms with Crippen LogP contribution in [0.1, 0.15) is 34.1 Å². The van der Waals surface area contributed by atoms with Gasteiger partial charge in [-0.1, -0.05) is 24.8 Å². The number of allylic oxidation sites excluding steroid dienone is 1. The van der Waals surface area contributed by atoms with Crippen LogP contribution in [0.2, 0.25) is 0 Å². The van der Waals surface area contributed by atoms with Crippen LogP contribution in [0.25, 0.3) is 0 Å². The highest BCUT2D eigenvalue weighted by atomic mass is 16.6. The number of aliphatic hydroxyl groups excluding tert-OH is 1. The Morgan fingerprint density at radius 2 is 2.15 bits per heavy atom. The average molecular weight is 362 g/mol. The predicted molar refractivity (Wildman–Crippen MR) is 96.0 cm³/mol. The van der Waals surface area contributed by atoms with Crippen molar-refractivity contribution in [3.05, 3.63) is 47.6 Å². The van der Waals surface area contributed by atoms with Gasteiger partial charge in [-0.15, -0.1) is 0 Å². The molecule has 0 aromatic carbocycles. The molecule has 142 valence electrons. The Hall–Kier alpha value is -2.18. The van der Waals surface area contributed by atoms with Gasteiger partial charge in [0.25, 0.3) is 0 Å². The van der Waals surface area contributed by atoms with E-state index in [1.54, 1.807) is 39.8 Å². The van der Waals surface area contributed by atoms with Crippen LogP contribution in [0.4, 0.5) is 0 Å². The summed E-state index contributed by atoms with van der Waals surface area (Å²) in [6.07, 6.45) is 3.77. The third kappa shape index (κ3) is 4.31. The second kappa shape index (κ2) is 7.60. The van der Waals surface area contributed by atoms with Gasteiger partial charge in [0, 0.05) is 17.6 Å². The Morgan fingerprint density at radius 3 is 2.77 bits per heavy atom. The van der Waals surface area contributed by atoms with Crippen LogP contribution in [0.3, 0.4) is 0 Å². The molecule has 0 aromatic rings. The Kier molecular flexibility index (Phi) is 5.88. The van der Waals surface area contributed by atoms with E-state index < -0.39 is 41.8 Å². The van der Waals surface area contributed by atoms with Crippen LogP contribution in [-0.2, 0) is 19.1 Å². The van der Waals surface area contributed by atoms with Crippen LogP contribution < -0.4 is 0 Å². The Morgan fingerprint density at radius 1 is 1.50 bits per heavy atom. The lowest BCUT2D eigenvalue weighted by Gasteiger charge is -2.32. The van der Waals surface area contributed by atoms with Crippen molar-refractivity contribution in [2.75, 3.05) is 0 Å². The van der Waals surface area contributed by atoms with E-state index in [0.29, 0.717) is 11.1 Å². The third-order valence-corrected chi connectivity index (χ3v) is 4.82. The first kappa shape index (κ1) is 20.1. The van der Waals surface area contributed by atoms with Crippen LogP contribution >= 0.6 is 0 Å². The van der Waals surface area contributed by atoms with Crippen molar-refractivity contribution in [2.45, 2.75) is 58.0 Å². The molecule has 2 rings (SSSR count). The topological polar surface area (TPSA) is 93.1 Å². The van der Waals surface area contributed by atoms with Crippen molar-refractivity contribution in [1.82, 2.24) is 0 Å². The summed E-state index contributed by atoms with van der Waals surface area (Å²) in [7, 11) is 0. The van der Waals surface area contributed by atoms with E-state index in [0.717, 1.165) is 0 Å². The number of hydrogen-bond donors (Lipinski definition) is 2. The SMILES string of the molecule is C=C1C(=O)O[C@@H]2/C=C(/C)[C@@H](O)/C=C/[C@](C)(O)C[C@@H](OC(=O)/C(C)=C/C)[C@@H]12. The van der Waals surface area contributed by atoms with E-state index in [1.165, 1.54) is 12.2 Å². The monoisotopic (exact) mass is 362 g/mol. The quantitative estimate of drug-likeness (QED) is 0.443. The first-order valence-corrected chi connectivity index (χ1v) is 8.57. The van der Waals surface area contributed by atoms with Crippen LogP contribution in [0.5, 0.6) is 0 Å². The fourth-order valence-electron chi connectivity index (χ4n) is 3.05. The maximum absolute atomic E-state index is 12.3. The van der Waals surface area contributed by atoms with Crippen molar-refractivity contribution in [3.8, 4) is 0 Å². The molecule has 1 aliphatic heterocycles. The van der Waals surface area contributed by atoms with Crippen molar-refractivity contribution in [2.24, 2.45) is 5.92 Å². The number of hydrogen-bond acceptors (Lipinski definition) is 6. The first-order chi connectivity index (χ1) is 12.1. The normalized spacial score (nSPS) is 38.7. The van der Waals surface area contributed by atoms with Crippen molar-refractivity contribution < 1.29 is 29.3 Å². The zero-order valence-electron chi connectivity index (χ0n) is 15.6. The number of rotatable bonds is 2. The zero-order chi connectivity index (χ0) is 19.6. The van der Waals surface area contributed by atoms with E-state index >= 15 is 0 Å². The van der Waals surface area contributed by atoms with Crippen LogP contribution in [0, 0.1) is 5.92 Å². The van der Waals surface area contributed by atoms with Gasteiger partial charge < -0.3 is 19.7 Å². The Labute approximate surface area is 153 Å². The van der Waals surface area contributed by atoms with Gasteiger partial charge in [-0.3, -0.25) is 0 Å². The minimum absolute atomic E-state index is 0.0304. The number of carbonyl (C=O) groups is 2. The molecule has 0 amide bonds. The van der Waals surface area contributed by atoms with E-state index in [4.69, 9.17) is 9.47 Å². The molecule has 26 heavy (non-hydrogen) atoms. The van der Waals surface area contributed by atoms with Crippen LogP contribution in [0.15, 0.2) is 47.6 Å². The molecule has 1 aliphatic carbocycles. The number of aliphatic hydroxyl groups is 2. The third-order valence-electron chi connectivity index (χ3n) is 4.82. The minimum Gasteiger partial charge on any atom is -0.458 e. The molecule has 0 radical (unpaired) electrons. The molecule has 0 aromatic heterocycles. The van der Waals surface area contributed by atoms with E-state index in [2.05, 4.69) is 6.58 Å². The summed E-state index contributed by atoms with van der Waals surface area (Å²) >= 11 is 0. The average Bonchev–Trinajstić information content (AvgIpc) is 2.84. The van der Waals surface area contributed by atoms with Crippen LogP contribution in [-0.4, -0.2) is 46.1 Å². The fraction of sp³-hybridized carbons (Fsp3) is 0.500. The van der Waals surface area contributed by atoms with Gasteiger partial charge in [-0.2, -0.15) is 0 Å². The summed E-state index contributed by atoms with van der Waals surface area (Å²) in [5.41, 5.74) is -0.188. The minimum atomic E-state index is -1.36. The molecule has 1 fully saturated rings. The molecular weight excluding hydrogens is 336 g/mol. The highest BCUT2D eigenvalue weighted by Gasteiger charge is 2.46. The second-order valence-corrected chi connectivity index (χ2v) is 7.11. The highest BCUT2D eigenvalue weighted by molar-refractivity contribution is 5.92. The largest absolute Gasteiger partial charge is 0.458 e. The molecule has 0 unspecified atom stereocenters. The first-order valence-electron chi connectivity index (χ1n) is 8.57. The van der Waals surface area contributed by atoms with Gasteiger partial charge in [0.05, 0.1) is 17.6 Å². The summed E-state index contributed by atoms with van der Waals surface area (Å²) in [5, 5.41) is 20.9. The van der Waals surface area contributed by atoms with E-state index in [9.17, 15) is 19.8 Å². The maximum Gasteiger partial charge on any atom is 0.334 e. The smallest absolute Gasteiger partial charge is 0.334 e. The summed E-state index contributed by atoms with van der Waals surface area (Å²) in [6, 6.07) is 0. The lowest BCUT2D eigenvalue weighted by molar-refractivity contribution is -0.150. The standard InChI is InChI=1S/C20H26O6/c1-6-11(2)18(22)26-16-10-20(5,24)8-7-14(21)12(3)9-15-17(16)13(4)19(23)25-15/h6-9,14-17,21,24H,4,10H2,1-3,5H3/b8-7+,11-6+,12-9-/t14-,15+,16+,17-,20-/m0/s1. The van der Waals surface area contributed by atoms with Gasteiger partial charge >= 0.3 is 11.9 Å². The highest BCUT2D eigenvalue weighted by Crippen LogP contribution is 2.37. The lowest BCUT2D eigenvalue weighted by Crippen LogP contribution is -2.40. The molecule has 6 nitrogen and oxygen atoms in total.